The van der Waals surface area contributed by atoms with Gasteiger partial charge in [0.05, 0.1) is 12.8 Å². The van der Waals surface area contributed by atoms with Gasteiger partial charge in [0.25, 0.3) is 5.09 Å². The first kappa shape index (κ1) is 9.11. The van der Waals surface area contributed by atoms with Gasteiger partial charge in [-0.15, -0.1) is 10.1 Å². The van der Waals surface area contributed by atoms with Crippen LogP contribution in [-0.2, 0) is 0 Å². The van der Waals surface area contributed by atoms with E-state index >= 15 is 0 Å². The minimum atomic E-state index is -0.925. The van der Waals surface area contributed by atoms with Crippen molar-refractivity contribution in [1.82, 2.24) is 0 Å². The number of hydrogen-bond acceptors (Lipinski definition) is 5. The molecular weight excluding hydrogens is 176 g/mol. The van der Waals surface area contributed by atoms with E-state index in [0.29, 0.717) is 5.75 Å². The summed E-state index contributed by atoms with van der Waals surface area (Å²) in [5.41, 5.74) is 5.60. The predicted molar refractivity (Wildman–Crippen MR) is 45.0 cm³/mol. The molecule has 0 saturated heterocycles. The summed E-state index contributed by atoms with van der Waals surface area (Å²) in [4.78, 5) is 14.2. The molecule has 1 aromatic rings. The summed E-state index contributed by atoms with van der Waals surface area (Å²) in [6.07, 6.45) is 0. The van der Waals surface area contributed by atoms with Gasteiger partial charge in [-0.25, -0.2) is 0 Å². The Kier molecular flexibility index (Phi) is 2.53. The van der Waals surface area contributed by atoms with Crippen LogP contribution in [0.1, 0.15) is 0 Å². The lowest BCUT2D eigenvalue weighted by Gasteiger charge is -2.04. The Labute approximate surface area is 74.0 Å². The average molecular weight is 184 g/mol. The molecule has 70 valence electrons. The number of ether oxygens (including phenoxy) is 1. The largest absolute Gasteiger partial charge is 0.497 e. The van der Waals surface area contributed by atoms with Crippen LogP contribution in [0.3, 0.4) is 0 Å². The van der Waals surface area contributed by atoms with Crippen LogP contribution in [0, 0.1) is 10.1 Å². The van der Waals surface area contributed by atoms with Gasteiger partial charge in [0.1, 0.15) is 5.75 Å². The fraction of sp³-hybridized carbons (Fsp3) is 0.143. The highest BCUT2D eigenvalue weighted by Gasteiger charge is 2.05. The quantitative estimate of drug-likeness (QED) is 0.427. The smallest absolute Gasteiger partial charge is 0.299 e. The lowest BCUT2D eigenvalue weighted by molar-refractivity contribution is -0.710. The maximum Gasteiger partial charge on any atom is 0.299 e. The molecule has 0 aliphatic heterocycles. The maximum absolute atomic E-state index is 10.0. The molecule has 0 atom stereocenters. The van der Waals surface area contributed by atoms with E-state index < -0.39 is 5.09 Å². The number of rotatable bonds is 3. The molecule has 0 aromatic heterocycles. The topological polar surface area (TPSA) is 87.6 Å². The van der Waals surface area contributed by atoms with Gasteiger partial charge >= 0.3 is 0 Å². The highest BCUT2D eigenvalue weighted by Crippen LogP contribution is 2.26. The zero-order valence-corrected chi connectivity index (χ0v) is 6.89. The fourth-order valence-electron chi connectivity index (χ4n) is 0.801. The van der Waals surface area contributed by atoms with Crippen LogP contribution in [0.2, 0.25) is 0 Å². The molecule has 0 bridgehead atoms. The van der Waals surface area contributed by atoms with Crippen LogP contribution in [0.15, 0.2) is 18.2 Å². The van der Waals surface area contributed by atoms with Gasteiger partial charge < -0.3 is 10.5 Å². The zero-order valence-electron chi connectivity index (χ0n) is 6.89. The second kappa shape index (κ2) is 3.61. The first-order valence-electron chi connectivity index (χ1n) is 3.39. The standard InChI is InChI=1S/C7H8N2O4/c1-12-5-2-3-6(8)7(4-5)13-9(10)11/h2-4H,8H2,1H3. The van der Waals surface area contributed by atoms with E-state index in [0.717, 1.165) is 0 Å². The van der Waals surface area contributed by atoms with Crippen molar-refractivity contribution in [2.45, 2.75) is 0 Å². The third-order valence-electron chi connectivity index (χ3n) is 1.39. The summed E-state index contributed by atoms with van der Waals surface area (Å²) in [5, 5.41) is 9.08. The van der Waals surface area contributed by atoms with Crippen molar-refractivity contribution >= 4 is 5.69 Å². The van der Waals surface area contributed by atoms with Gasteiger partial charge in [-0.2, -0.15) is 0 Å². The molecule has 1 aromatic carbocycles. The van der Waals surface area contributed by atoms with Crippen molar-refractivity contribution in [1.29, 1.82) is 0 Å². The van der Waals surface area contributed by atoms with E-state index in [1.54, 1.807) is 6.07 Å². The second-order valence-electron chi connectivity index (χ2n) is 2.22. The van der Waals surface area contributed by atoms with Crippen LogP contribution in [0.5, 0.6) is 11.5 Å². The molecule has 6 nitrogen and oxygen atoms in total. The molecule has 0 fully saturated rings. The van der Waals surface area contributed by atoms with Crippen molar-refractivity contribution < 1.29 is 14.7 Å². The fourth-order valence-corrected chi connectivity index (χ4v) is 0.801. The van der Waals surface area contributed by atoms with Crippen LogP contribution in [0.25, 0.3) is 0 Å². The van der Waals surface area contributed by atoms with E-state index in [1.165, 1.54) is 19.2 Å². The molecule has 0 heterocycles. The average Bonchev–Trinajstić information content (AvgIpc) is 2.08. The Balaban J connectivity index is 2.96. The SMILES string of the molecule is COc1ccc(N)c(O[N+](=O)[O-])c1. The van der Waals surface area contributed by atoms with Crippen molar-refractivity contribution in [2.75, 3.05) is 12.8 Å². The summed E-state index contributed by atoms with van der Waals surface area (Å²) >= 11 is 0. The molecular formula is C7H8N2O4. The Bertz CT molecular complexity index is 326. The maximum atomic E-state index is 10.0. The van der Waals surface area contributed by atoms with Crippen molar-refractivity contribution in [3.8, 4) is 11.5 Å². The van der Waals surface area contributed by atoms with E-state index in [-0.39, 0.29) is 11.4 Å². The van der Waals surface area contributed by atoms with Crippen molar-refractivity contribution in [3.05, 3.63) is 28.3 Å². The third kappa shape index (κ3) is 2.22. The Hall–Kier alpha value is -1.98. The number of anilines is 1. The molecule has 0 radical (unpaired) electrons. The monoisotopic (exact) mass is 184 g/mol. The summed E-state index contributed by atoms with van der Waals surface area (Å²) in [7, 11) is 1.45. The number of nitrogens with zero attached hydrogens (tertiary/aromatic N) is 1. The van der Waals surface area contributed by atoms with Crippen molar-refractivity contribution in [3.63, 3.8) is 0 Å². The number of nitrogen functional groups attached to an aromatic ring is 1. The van der Waals surface area contributed by atoms with Crippen LogP contribution in [-0.4, -0.2) is 12.2 Å². The molecule has 6 heteroatoms. The van der Waals surface area contributed by atoms with Gasteiger partial charge in [0.15, 0.2) is 5.75 Å². The molecule has 0 saturated carbocycles. The van der Waals surface area contributed by atoms with Crippen molar-refractivity contribution in [2.24, 2.45) is 0 Å². The Morgan fingerprint density at radius 3 is 2.77 bits per heavy atom. The van der Waals surface area contributed by atoms with Crippen LogP contribution in [0.4, 0.5) is 5.69 Å². The van der Waals surface area contributed by atoms with Gasteiger partial charge in [-0.3, -0.25) is 4.84 Å². The highest BCUT2D eigenvalue weighted by atomic mass is 17.0. The van der Waals surface area contributed by atoms with Gasteiger partial charge in [0.2, 0.25) is 0 Å². The first-order chi connectivity index (χ1) is 6.13. The molecule has 0 spiro atoms. The summed E-state index contributed by atoms with van der Waals surface area (Å²) in [5.74, 6) is 0.426. The highest BCUT2D eigenvalue weighted by molar-refractivity contribution is 5.55. The number of benzene rings is 1. The summed E-state index contributed by atoms with van der Waals surface area (Å²) < 4.78 is 4.83. The zero-order chi connectivity index (χ0) is 9.84. The Morgan fingerprint density at radius 2 is 2.23 bits per heavy atom. The number of hydrogen-bond donors (Lipinski definition) is 1. The molecule has 1 rings (SSSR count). The van der Waals surface area contributed by atoms with E-state index in [9.17, 15) is 10.1 Å². The minimum absolute atomic E-state index is 0.0237. The third-order valence-corrected chi connectivity index (χ3v) is 1.39. The van der Waals surface area contributed by atoms with Gasteiger partial charge in [-0.1, -0.05) is 0 Å². The molecule has 0 unspecified atom stereocenters. The first-order valence-corrected chi connectivity index (χ1v) is 3.39. The minimum Gasteiger partial charge on any atom is -0.497 e. The van der Waals surface area contributed by atoms with Gasteiger partial charge in [-0.05, 0) is 12.1 Å². The molecule has 0 aliphatic rings. The summed E-state index contributed by atoms with van der Waals surface area (Å²) in [6, 6.07) is 4.40. The molecule has 0 aliphatic carbocycles. The Morgan fingerprint density at radius 1 is 1.54 bits per heavy atom. The predicted octanol–water partition coefficient (Wildman–Crippen LogP) is 0.848. The van der Waals surface area contributed by atoms with Gasteiger partial charge in [0, 0.05) is 6.07 Å². The normalized spacial score (nSPS) is 9.31. The lowest BCUT2D eigenvalue weighted by atomic mass is 10.3. The van der Waals surface area contributed by atoms with E-state index in [1.807, 2.05) is 0 Å². The van der Waals surface area contributed by atoms with E-state index in [4.69, 9.17) is 10.5 Å². The second-order valence-corrected chi connectivity index (χ2v) is 2.22. The summed E-state index contributed by atoms with van der Waals surface area (Å²) in [6.45, 7) is 0. The van der Waals surface area contributed by atoms with E-state index in [2.05, 4.69) is 4.84 Å². The lowest BCUT2D eigenvalue weighted by Crippen LogP contribution is -2.05. The molecule has 0 amide bonds. The molecule has 2 N–H and O–H groups in total. The molecule has 13 heavy (non-hydrogen) atoms. The number of methoxy groups -OCH3 is 1. The number of nitrogens with two attached hydrogens (primary N) is 1. The van der Waals surface area contributed by atoms with Crippen LogP contribution >= 0.6 is 0 Å². The van der Waals surface area contributed by atoms with Crippen LogP contribution < -0.4 is 15.3 Å².